The van der Waals surface area contributed by atoms with Crippen molar-refractivity contribution in [2.45, 2.75) is 32.1 Å². The van der Waals surface area contributed by atoms with Crippen LogP contribution in [0.15, 0.2) is 24.3 Å². The molecule has 2 aromatic heterocycles. The van der Waals surface area contributed by atoms with Crippen LogP contribution in [0.1, 0.15) is 36.7 Å². The van der Waals surface area contributed by atoms with Crippen molar-refractivity contribution in [3.8, 4) is 11.4 Å². The lowest BCUT2D eigenvalue weighted by Gasteiger charge is -2.22. The monoisotopic (exact) mass is 378 g/mol. The van der Waals surface area contributed by atoms with E-state index in [0.717, 1.165) is 72.4 Å². The molecule has 1 aromatic carbocycles. The van der Waals surface area contributed by atoms with Crippen LogP contribution in [-0.4, -0.2) is 53.0 Å². The third-order valence-electron chi connectivity index (χ3n) is 5.60. The van der Waals surface area contributed by atoms with E-state index in [4.69, 9.17) is 19.8 Å². The van der Waals surface area contributed by atoms with Gasteiger partial charge in [-0.2, -0.15) is 5.10 Å². The third kappa shape index (κ3) is 3.09. The van der Waals surface area contributed by atoms with Crippen LogP contribution in [-0.2, 0) is 0 Å². The van der Waals surface area contributed by atoms with Crippen molar-refractivity contribution >= 4 is 16.9 Å². The molecule has 0 amide bonds. The van der Waals surface area contributed by atoms with Gasteiger partial charge in [0, 0.05) is 25.6 Å². The zero-order valence-corrected chi connectivity index (χ0v) is 16.5. The summed E-state index contributed by atoms with van der Waals surface area (Å²) in [5.74, 6) is 3.35. The van der Waals surface area contributed by atoms with Gasteiger partial charge in [0.2, 0.25) is 0 Å². The van der Waals surface area contributed by atoms with Gasteiger partial charge in [-0.15, -0.1) is 0 Å². The van der Waals surface area contributed by atoms with Crippen molar-refractivity contribution in [3.05, 3.63) is 35.8 Å². The number of nitrogens with one attached hydrogen (secondary N) is 1. The Morgan fingerprint density at radius 1 is 1.07 bits per heavy atom. The third-order valence-corrected chi connectivity index (χ3v) is 5.60. The molecule has 7 nitrogen and oxygen atoms in total. The summed E-state index contributed by atoms with van der Waals surface area (Å²) in [6, 6.07) is 7.98. The zero-order chi connectivity index (χ0) is 19.1. The number of aryl methyl sites for hydroxylation is 1. The summed E-state index contributed by atoms with van der Waals surface area (Å²) >= 11 is 0. The molecule has 1 saturated heterocycles. The van der Waals surface area contributed by atoms with Gasteiger partial charge in [0.1, 0.15) is 17.4 Å². The van der Waals surface area contributed by atoms with Crippen LogP contribution in [0, 0.1) is 6.92 Å². The fourth-order valence-corrected chi connectivity index (χ4v) is 3.89. The first kappa shape index (κ1) is 17.4. The second kappa shape index (κ2) is 7.05. The molecule has 1 saturated carbocycles. The molecule has 0 atom stereocenters. The minimum absolute atomic E-state index is 0.493. The van der Waals surface area contributed by atoms with E-state index in [-0.39, 0.29) is 0 Å². The molecule has 3 heterocycles. The minimum Gasteiger partial charge on any atom is -0.497 e. The molecule has 0 spiro atoms. The Bertz CT molecular complexity index is 984. The molecule has 7 heteroatoms. The molecule has 0 unspecified atom stereocenters. The number of hydrogen-bond donors (Lipinski definition) is 1. The topological polar surface area (TPSA) is 68.1 Å². The Morgan fingerprint density at radius 3 is 2.64 bits per heavy atom. The summed E-state index contributed by atoms with van der Waals surface area (Å²) in [6.45, 7) is 6.07. The second-order valence-electron chi connectivity index (χ2n) is 7.66. The summed E-state index contributed by atoms with van der Waals surface area (Å²) in [5.41, 5.74) is 2.87. The van der Waals surface area contributed by atoms with Crippen LogP contribution in [0.2, 0.25) is 0 Å². The number of ether oxygens (including phenoxy) is 1. The number of rotatable bonds is 4. The summed E-state index contributed by atoms with van der Waals surface area (Å²) in [6.07, 6.45) is 3.49. The molecule has 0 bridgehead atoms. The van der Waals surface area contributed by atoms with Crippen molar-refractivity contribution < 1.29 is 4.74 Å². The number of methoxy groups -OCH3 is 1. The van der Waals surface area contributed by atoms with Gasteiger partial charge in [-0.25, -0.2) is 14.6 Å². The normalized spacial score (nSPS) is 17.7. The van der Waals surface area contributed by atoms with E-state index in [1.165, 1.54) is 12.8 Å². The summed E-state index contributed by atoms with van der Waals surface area (Å²) < 4.78 is 7.25. The lowest BCUT2D eigenvalue weighted by atomic mass is 10.2. The molecule has 1 aliphatic heterocycles. The van der Waals surface area contributed by atoms with Crippen molar-refractivity contribution in [2.24, 2.45) is 0 Å². The van der Waals surface area contributed by atoms with Gasteiger partial charge in [0.25, 0.3) is 0 Å². The maximum absolute atomic E-state index is 5.30. The Morgan fingerprint density at radius 2 is 1.89 bits per heavy atom. The highest BCUT2D eigenvalue weighted by Gasteiger charge is 2.30. The van der Waals surface area contributed by atoms with Crippen LogP contribution >= 0.6 is 0 Å². The summed E-state index contributed by atoms with van der Waals surface area (Å²) in [4.78, 5) is 12.4. The quantitative estimate of drug-likeness (QED) is 0.753. The van der Waals surface area contributed by atoms with E-state index in [1.807, 2.05) is 28.9 Å². The molecule has 28 heavy (non-hydrogen) atoms. The number of hydrogen-bond acceptors (Lipinski definition) is 6. The van der Waals surface area contributed by atoms with Gasteiger partial charge in [0.15, 0.2) is 5.65 Å². The molecule has 1 aliphatic carbocycles. The van der Waals surface area contributed by atoms with Gasteiger partial charge in [-0.1, -0.05) is 0 Å². The van der Waals surface area contributed by atoms with Crippen LogP contribution in [0.4, 0.5) is 5.82 Å². The summed E-state index contributed by atoms with van der Waals surface area (Å²) in [7, 11) is 1.68. The minimum atomic E-state index is 0.493. The SMILES string of the molecule is COc1ccc(-n2nc(C)c3c(N4CCCNCC4)nc(C4CC4)nc32)cc1. The van der Waals surface area contributed by atoms with Gasteiger partial charge in [-0.05, 0) is 57.0 Å². The van der Waals surface area contributed by atoms with Gasteiger partial charge in [-0.3, -0.25) is 0 Å². The van der Waals surface area contributed by atoms with Crippen LogP contribution in [0.25, 0.3) is 16.7 Å². The van der Waals surface area contributed by atoms with E-state index in [9.17, 15) is 0 Å². The lowest BCUT2D eigenvalue weighted by molar-refractivity contribution is 0.414. The van der Waals surface area contributed by atoms with E-state index >= 15 is 0 Å². The predicted octanol–water partition coefficient (Wildman–Crippen LogP) is 2.81. The number of fused-ring (bicyclic) bond motifs is 1. The predicted molar refractivity (Wildman–Crippen MR) is 110 cm³/mol. The van der Waals surface area contributed by atoms with E-state index in [0.29, 0.717) is 5.92 Å². The molecule has 0 radical (unpaired) electrons. The average Bonchev–Trinajstić information content (AvgIpc) is 3.55. The van der Waals surface area contributed by atoms with Crippen molar-refractivity contribution in [2.75, 3.05) is 38.2 Å². The molecule has 146 valence electrons. The van der Waals surface area contributed by atoms with E-state index < -0.39 is 0 Å². The van der Waals surface area contributed by atoms with Crippen molar-refractivity contribution in [3.63, 3.8) is 0 Å². The van der Waals surface area contributed by atoms with Crippen molar-refractivity contribution in [1.82, 2.24) is 25.1 Å². The highest BCUT2D eigenvalue weighted by atomic mass is 16.5. The van der Waals surface area contributed by atoms with Crippen LogP contribution in [0.5, 0.6) is 5.75 Å². The van der Waals surface area contributed by atoms with Crippen LogP contribution in [0.3, 0.4) is 0 Å². The first-order valence-corrected chi connectivity index (χ1v) is 10.1. The number of nitrogens with zero attached hydrogens (tertiary/aromatic N) is 5. The number of benzene rings is 1. The Hall–Kier alpha value is -2.67. The maximum Gasteiger partial charge on any atom is 0.169 e. The van der Waals surface area contributed by atoms with Gasteiger partial charge >= 0.3 is 0 Å². The molecule has 3 aromatic rings. The van der Waals surface area contributed by atoms with Gasteiger partial charge < -0.3 is 15.0 Å². The Balaban J connectivity index is 1.68. The first-order valence-electron chi connectivity index (χ1n) is 10.1. The molecular formula is C21H26N6O. The summed E-state index contributed by atoms with van der Waals surface area (Å²) in [5, 5.41) is 9.40. The average molecular weight is 378 g/mol. The molecular weight excluding hydrogens is 352 g/mol. The molecule has 1 N–H and O–H groups in total. The molecule has 2 fully saturated rings. The van der Waals surface area contributed by atoms with E-state index in [1.54, 1.807) is 7.11 Å². The Kier molecular flexibility index (Phi) is 4.39. The standard InChI is InChI=1S/C21H26N6O/c1-14-18-20(26-12-3-10-22-11-13-26)23-19(15-4-5-15)24-21(18)27(25-14)16-6-8-17(28-2)9-7-16/h6-9,15,22H,3-5,10-13H2,1-2H3. The first-order chi connectivity index (χ1) is 13.7. The second-order valence-corrected chi connectivity index (χ2v) is 7.66. The highest BCUT2D eigenvalue weighted by molar-refractivity contribution is 5.91. The fourth-order valence-electron chi connectivity index (χ4n) is 3.89. The number of aromatic nitrogens is 4. The van der Waals surface area contributed by atoms with E-state index in [2.05, 4.69) is 17.1 Å². The highest BCUT2D eigenvalue weighted by Crippen LogP contribution is 2.40. The van der Waals surface area contributed by atoms with Gasteiger partial charge in [0.05, 0.1) is 23.9 Å². The van der Waals surface area contributed by atoms with Crippen molar-refractivity contribution in [1.29, 1.82) is 0 Å². The lowest BCUT2D eigenvalue weighted by Crippen LogP contribution is -2.29. The molecule has 2 aliphatic rings. The zero-order valence-electron chi connectivity index (χ0n) is 16.5. The van der Waals surface area contributed by atoms with Crippen LogP contribution < -0.4 is 15.0 Å². The smallest absolute Gasteiger partial charge is 0.169 e. The largest absolute Gasteiger partial charge is 0.497 e. The maximum atomic E-state index is 5.30. The molecule has 5 rings (SSSR count). The number of anilines is 1. The fraction of sp³-hybridized carbons (Fsp3) is 0.476. The Labute approximate surface area is 164 Å².